The third kappa shape index (κ3) is 4.41. The molecule has 32 heavy (non-hydrogen) atoms. The number of nitro benzene ring substituents is 1. The Morgan fingerprint density at radius 3 is 2.28 bits per heavy atom. The fourth-order valence-corrected chi connectivity index (χ4v) is 4.99. The van der Waals surface area contributed by atoms with Crippen LogP contribution in [0.3, 0.4) is 0 Å². The lowest BCUT2D eigenvalue weighted by molar-refractivity contribution is -0.387. The first-order valence-corrected chi connectivity index (χ1v) is 11.0. The van der Waals surface area contributed by atoms with E-state index in [9.17, 15) is 33.2 Å². The second-order valence-corrected chi connectivity index (χ2v) is 9.55. The van der Waals surface area contributed by atoms with Gasteiger partial charge in [0.05, 0.1) is 29.8 Å². The van der Waals surface area contributed by atoms with Crippen molar-refractivity contribution in [1.82, 2.24) is 10.2 Å². The lowest BCUT2D eigenvalue weighted by Gasteiger charge is -2.28. The Morgan fingerprint density at radius 2 is 1.72 bits per heavy atom. The van der Waals surface area contributed by atoms with Crippen LogP contribution in [0.1, 0.15) is 13.8 Å². The average Bonchev–Trinajstić information content (AvgIpc) is 2.94. The zero-order chi connectivity index (χ0) is 23.7. The summed E-state index contributed by atoms with van der Waals surface area (Å²) in [4.78, 5) is 35.4. The number of nitro groups is 1. The number of carbonyl (C=O) groups excluding carboxylic acids is 2. The summed E-state index contributed by atoms with van der Waals surface area (Å²) in [5, 5.41) is 24.5. The monoisotopic (exact) mass is 462 g/mol. The Bertz CT molecular complexity index is 1150. The van der Waals surface area contributed by atoms with Crippen LogP contribution >= 0.6 is 0 Å². The van der Waals surface area contributed by atoms with Gasteiger partial charge in [0, 0.05) is 6.07 Å². The number of carbonyl (C=O) groups is 2. The maximum absolute atomic E-state index is 13.4. The second kappa shape index (κ2) is 8.55. The summed E-state index contributed by atoms with van der Waals surface area (Å²) in [5.74, 6) is -0.561. The van der Waals surface area contributed by atoms with Gasteiger partial charge in [0.15, 0.2) is 4.90 Å². The van der Waals surface area contributed by atoms with Crippen molar-refractivity contribution in [2.24, 2.45) is 0 Å². The summed E-state index contributed by atoms with van der Waals surface area (Å²) in [6.07, 6.45) is -1.46. The molecule has 11 nitrogen and oxygen atoms in total. The molecule has 0 unspecified atom stereocenters. The minimum atomic E-state index is -4.48. The van der Waals surface area contributed by atoms with Crippen molar-refractivity contribution in [2.45, 2.75) is 30.4 Å². The quantitative estimate of drug-likeness (QED) is 0.343. The number of urea groups is 1. The number of benzene rings is 2. The van der Waals surface area contributed by atoms with Gasteiger partial charge >= 0.3 is 6.03 Å². The molecule has 1 aliphatic heterocycles. The highest BCUT2D eigenvalue weighted by Gasteiger charge is 2.45. The Morgan fingerprint density at radius 1 is 1.12 bits per heavy atom. The summed E-state index contributed by atoms with van der Waals surface area (Å²) in [7, 11) is -4.48. The highest BCUT2D eigenvalue weighted by molar-refractivity contribution is 7.93. The van der Waals surface area contributed by atoms with E-state index in [-0.39, 0.29) is 5.69 Å². The second-order valence-electron chi connectivity index (χ2n) is 7.72. The molecule has 1 aliphatic rings. The van der Waals surface area contributed by atoms with Crippen molar-refractivity contribution in [3.8, 4) is 0 Å². The molecule has 0 saturated carbocycles. The predicted molar refractivity (Wildman–Crippen MR) is 114 cm³/mol. The highest BCUT2D eigenvalue weighted by atomic mass is 32.2. The third-order valence-electron chi connectivity index (χ3n) is 4.89. The number of sulfonamides is 1. The van der Waals surface area contributed by atoms with Crippen molar-refractivity contribution in [1.29, 1.82) is 0 Å². The minimum absolute atomic E-state index is 0.155. The zero-order valence-electron chi connectivity index (χ0n) is 17.3. The molecule has 0 aromatic heterocycles. The number of nitrogens with one attached hydrogen (secondary N) is 1. The normalized spacial score (nSPS) is 16.5. The van der Waals surface area contributed by atoms with E-state index in [0.29, 0.717) is 0 Å². The maximum atomic E-state index is 13.4. The highest BCUT2D eigenvalue weighted by Crippen LogP contribution is 2.30. The van der Waals surface area contributed by atoms with E-state index >= 15 is 0 Å². The summed E-state index contributed by atoms with van der Waals surface area (Å²) in [6, 6.07) is 11.9. The smallest absolute Gasteiger partial charge is 0.325 e. The number of para-hydroxylation sites is 2. The Labute approximate surface area is 184 Å². The zero-order valence-corrected chi connectivity index (χ0v) is 18.2. The number of amides is 3. The predicted octanol–water partition coefficient (Wildman–Crippen LogP) is 1.48. The lowest BCUT2D eigenvalue weighted by atomic mass is 10.1. The Kier molecular flexibility index (Phi) is 6.19. The molecule has 12 heteroatoms. The molecule has 3 rings (SSSR count). The van der Waals surface area contributed by atoms with Crippen molar-refractivity contribution >= 4 is 33.3 Å². The van der Waals surface area contributed by atoms with Gasteiger partial charge in [-0.05, 0) is 32.0 Å². The van der Waals surface area contributed by atoms with E-state index in [4.69, 9.17) is 0 Å². The van der Waals surface area contributed by atoms with Crippen molar-refractivity contribution < 1.29 is 28.0 Å². The summed E-state index contributed by atoms with van der Waals surface area (Å²) in [6.45, 7) is 2.02. The first-order chi connectivity index (χ1) is 14.9. The van der Waals surface area contributed by atoms with Crippen LogP contribution in [0.25, 0.3) is 0 Å². The molecular weight excluding hydrogens is 440 g/mol. The largest absolute Gasteiger partial charge is 0.389 e. The summed E-state index contributed by atoms with van der Waals surface area (Å²) in [5.41, 5.74) is -1.60. The standard InChI is InChI=1S/C20H22N4O7S/c1-20(2)18(26)22(19(27)21-20)12-15(25)13-23(14-8-4-3-5-9-14)32(30,31)17-11-7-6-10-16(17)24(28)29/h3-11,15,25H,12-13H2,1-2H3,(H,21,27)/t15-/m0/s1. The van der Waals surface area contributed by atoms with Gasteiger partial charge in [0.1, 0.15) is 5.54 Å². The molecule has 1 saturated heterocycles. The van der Waals surface area contributed by atoms with Crippen LogP contribution in [0, 0.1) is 10.1 Å². The van der Waals surface area contributed by atoms with Crippen LogP contribution in [0.2, 0.25) is 0 Å². The molecule has 2 aromatic rings. The maximum Gasteiger partial charge on any atom is 0.325 e. The van der Waals surface area contributed by atoms with Gasteiger partial charge in [0.25, 0.3) is 21.6 Å². The molecule has 170 valence electrons. The number of hydrogen-bond donors (Lipinski definition) is 2. The van der Waals surface area contributed by atoms with Crippen LogP contribution in [0.5, 0.6) is 0 Å². The molecule has 3 amide bonds. The fourth-order valence-electron chi connectivity index (χ4n) is 3.33. The van der Waals surface area contributed by atoms with Crippen molar-refractivity contribution in [2.75, 3.05) is 17.4 Å². The van der Waals surface area contributed by atoms with Crippen LogP contribution < -0.4 is 9.62 Å². The van der Waals surface area contributed by atoms with Gasteiger partial charge in [-0.25, -0.2) is 13.2 Å². The number of rotatable bonds is 8. The number of aliphatic hydroxyl groups is 1. The van der Waals surface area contributed by atoms with E-state index in [0.717, 1.165) is 21.3 Å². The van der Waals surface area contributed by atoms with E-state index in [1.54, 1.807) is 18.2 Å². The van der Waals surface area contributed by atoms with Crippen LogP contribution in [0.4, 0.5) is 16.2 Å². The Balaban J connectivity index is 1.96. The molecule has 2 aromatic carbocycles. The van der Waals surface area contributed by atoms with Gasteiger partial charge in [0.2, 0.25) is 0 Å². The topological polar surface area (TPSA) is 150 Å². The summed E-state index contributed by atoms with van der Waals surface area (Å²) >= 11 is 0. The van der Waals surface area contributed by atoms with Crippen LogP contribution in [-0.2, 0) is 14.8 Å². The molecule has 1 atom stereocenters. The lowest BCUT2D eigenvalue weighted by Crippen LogP contribution is -2.45. The van der Waals surface area contributed by atoms with E-state index < -0.39 is 62.2 Å². The van der Waals surface area contributed by atoms with Gasteiger partial charge in [-0.1, -0.05) is 30.3 Å². The third-order valence-corrected chi connectivity index (χ3v) is 6.73. The minimum Gasteiger partial charge on any atom is -0.389 e. The molecular formula is C20H22N4O7S. The number of anilines is 1. The molecule has 2 N–H and O–H groups in total. The molecule has 1 fully saturated rings. The number of imide groups is 1. The average molecular weight is 462 g/mol. The van der Waals surface area contributed by atoms with Crippen molar-refractivity contribution in [3.63, 3.8) is 0 Å². The molecule has 0 spiro atoms. The van der Waals surface area contributed by atoms with Gasteiger partial charge in [-0.2, -0.15) is 0 Å². The molecule has 0 aliphatic carbocycles. The van der Waals surface area contributed by atoms with E-state index in [1.165, 1.54) is 38.1 Å². The van der Waals surface area contributed by atoms with E-state index in [2.05, 4.69) is 5.32 Å². The fraction of sp³-hybridized carbons (Fsp3) is 0.300. The number of β-amino-alcohol motifs (C(OH)–C–C–N with tert-alkyl or cyclic N) is 1. The number of aliphatic hydroxyl groups excluding tert-OH is 1. The van der Waals surface area contributed by atoms with Gasteiger partial charge < -0.3 is 10.4 Å². The van der Waals surface area contributed by atoms with Gasteiger partial charge in [-0.3, -0.25) is 24.1 Å². The molecule has 0 radical (unpaired) electrons. The molecule has 0 bridgehead atoms. The Hall–Kier alpha value is -3.51. The summed E-state index contributed by atoms with van der Waals surface area (Å²) < 4.78 is 27.6. The van der Waals surface area contributed by atoms with E-state index in [1.807, 2.05) is 0 Å². The van der Waals surface area contributed by atoms with Crippen molar-refractivity contribution in [3.05, 3.63) is 64.7 Å². The SMILES string of the molecule is CC1(C)NC(=O)N(C[C@H](O)CN(c2ccccc2)S(=O)(=O)c2ccccc2[N+](=O)[O-])C1=O. The first-order valence-electron chi connectivity index (χ1n) is 9.58. The van der Waals surface area contributed by atoms with Crippen LogP contribution in [-0.4, -0.2) is 60.0 Å². The number of hydrogen-bond acceptors (Lipinski definition) is 7. The first kappa shape index (κ1) is 23.2. The number of nitrogens with zero attached hydrogens (tertiary/aromatic N) is 3. The molecule has 1 heterocycles. The van der Waals surface area contributed by atoms with Gasteiger partial charge in [-0.15, -0.1) is 0 Å². The van der Waals surface area contributed by atoms with Crippen LogP contribution in [0.15, 0.2) is 59.5 Å².